The first-order valence-electron chi connectivity index (χ1n) is 19.6. The lowest BCUT2D eigenvalue weighted by Gasteiger charge is -2.15. The maximum absolute atomic E-state index is 6.18. The highest BCUT2D eigenvalue weighted by Gasteiger charge is 2.18. The van der Waals surface area contributed by atoms with Crippen molar-refractivity contribution < 1.29 is 4.42 Å². The molecule has 3 aromatic heterocycles. The Bertz CT molecular complexity index is 3770. The molecule has 0 amide bonds. The molecule has 10 aromatic carbocycles. The Hall–Kier alpha value is -7.62. The summed E-state index contributed by atoms with van der Waals surface area (Å²) in [6.07, 6.45) is 0. The fraction of sp³-hybridized carbons (Fsp3) is 0. The lowest BCUT2D eigenvalue weighted by Crippen LogP contribution is -1.96. The Morgan fingerprint density at radius 3 is 1.30 bits per heavy atom. The molecule has 13 aromatic rings. The molecule has 3 nitrogen and oxygen atoms in total. The Labute approximate surface area is 326 Å². The molecule has 0 saturated heterocycles. The van der Waals surface area contributed by atoms with Crippen LogP contribution >= 0.6 is 0 Å². The van der Waals surface area contributed by atoms with Crippen LogP contribution in [0.1, 0.15) is 0 Å². The average Bonchev–Trinajstić information content (AvgIpc) is 3.93. The number of rotatable bonds is 3. The predicted molar refractivity (Wildman–Crippen MR) is 240 cm³/mol. The lowest BCUT2D eigenvalue weighted by molar-refractivity contribution is 0.669. The molecule has 264 valence electrons. The van der Waals surface area contributed by atoms with Gasteiger partial charge in [0.25, 0.3) is 0 Å². The smallest absolute Gasteiger partial charge is 0.135 e. The van der Waals surface area contributed by atoms with Gasteiger partial charge in [0.2, 0.25) is 0 Å². The molecule has 0 bridgehead atoms. The molecule has 3 heteroatoms. The van der Waals surface area contributed by atoms with Gasteiger partial charge in [0.15, 0.2) is 0 Å². The zero-order valence-corrected chi connectivity index (χ0v) is 30.8. The average molecular weight is 725 g/mol. The summed E-state index contributed by atoms with van der Waals surface area (Å²) in [6.45, 7) is 0. The molecule has 0 N–H and O–H groups in total. The van der Waals surface area contributed by atoms with Crippen LogP contribution in [0, 0.1) is 0 Å². The Morgan fingerprint density at radius 1 is 0.246 bits per heavy atom. The van der Waals surface area contributed by atoms with Crippen LogP contribution < -0.4 is 0 Å². The molecule has 0 fully saturated rings. The van der Waals surface area contributed by atoms with Crippen LogP contribution in [0.3, 0.4) is 0 Å². The molecule has 0 unspecified atom stereocenters. The topological polar surface area (TPSA) is 23.0 Å². The summed E-state index contributed by atoms with van der Waals surface area (Å²) in [5, 5.41) is 14.8. The Balaban J connectivity index is 1.05. The first-order valence-corrected chi connectivity index (χ1v) is 19.6. The molecule has 3 heterocycles. The number of aromatic nitrogens is 2. The molecule has 0 atom stereocenters. The molecule has 13 rings (SSSR count). The normalized spacial score (nSPS) is 12.2. The van der Waals surface area contributed by atoms with E-state index < -0.39 is 0 Å². The third-order valence-corrected chi connectivity index (χ3v) is 12.3. The van der Waals surface area contributed by atoms with Crippen molar-refractivity contribution in [2.45, 2.75) is 0 Å². The Kier molecular flexibility index (Phi) is 6.16. The molecule has 0 aliphatic heterocycles. The summed E-state index contributed by atoms with van der Waals surface area (Å²) in [5.41, 5.74) is 11.3. The number of fused-ring (bicyclic) bond motifs is 15. The highest BCUT2D eigenvalue weighted by Crippen LogP contribution is 2.42. The number of benzene rings is 10. The summed E-state index contributed by atoms with van der Waals surface area (Å²) in [7, 11) is 0. The molecule has 57 heavy (non-hydrogen) atoms. The van der Waals surface area contributed by atoms with E-state index in [4.69, 9.17) is 4.42 Å². The van der Waals surface area contributed by atoms with Crippen LogP contribution in [0.15, 0.2) is 199 Å². The molecule has 0 aliphatic carbocycles. The van der Waals surface area contributed by atoms with Crippen molar-refractivity contribution >= 4 is 97.9 Å². The number of hydrogen-bond acceptors (Lipinski definition) is 1. The molecule has 0 spiro atoms. The van der Waals surface area contributed by atoms with Gasteiger partial charge in [0.05, 0.1) is 22.1 Å². The SMILES string of the molecule is c1ccc2c(c1)oc1ccc(-c3ccc4c5ccccc5c5ccc(-n6c7ccccc7c7cc(-n8c9ccccc9c9ccccc98)ccc76)cc5c4c3)cc12. The second kappa shape index (κ2) is 11.5. The minimum atomic E-state index is 0.912. The van der Waals surface area contributed by atoms with Crippen LogP contribution in [0.5, 0.6) is 0 Å². The van der Waals surface area contributed by atoms with Crippen molar-refractivity contribution in [3.8, 4) is 22.5 Å². The van der Waals surface area contributed by atoms with E-state index in [0.29, 0.717) is 0 Å². The van der Waals surface area contributed by atoms with E-state index in [2.05, 4.69) is 191 Å². The number of hydrogen-bond donors (Lipinski definition) is 0. The van der Waals surface area contributed by atoms with Gasteiger partial charge < -0.3 is 13.6 Å². The van der Waals surface area contributed by atoms with E-state index in [0.717, 1.165) is 33.3 Å². The molecule has 0 radical (unpaired) electrons. The molecular formula is C54H32N2O. The maximum Gasteiger partial charge on any atom is 0.135 e. The van der Waals surface area contributed by atoms with Crippen molar-refractivity contribution in [1.29, 1.82) is 0 Å². The maximum atomic E-state index is 6.18. The summed E-state index contributed by atoms with van der Waals surface area (Å²) >= 11 is 0. The Morgan fingerprint density at radius 2 is 0.649 bits per heavy atom. The highest BCUT2D eigenvalue weighted by molar-refractivity contribution is 6.26. The van der Waals surface area contributed by atoms with Crippen molar-refractivity contribution in [3.63, 3.8) is 0 Å². The van der Waals surface area contributed by atoms with Gasteiger partial charge in [-0.1, -0.05) is 121 Å². The first-order chi connectivity index (χ1) is 28.3. The van der Waals surface area contributed by atoms with Gasteiger partial charge in [-0.15, -0.1) is 0 Å². The summed E-state index contributed by atoms with van der Waals surface area (Å²) in [6, 6.07) is 71.0. The van der Waals surface area contributed by atoms with E-state index in [9.17, 15) is 0 Å². The highest BCUT2D eigenvalue weighted by atomic mass is 16.3. The molecular weight excluding hydrogens is 693 g/mol. The van der Waals surface area contributed by atoms with Crippen molar-refractivity contribution in [3.05, 3.63) is 194 Å². The van der Waals surface area contributed by atoms with Gasteiger partial charge in [-0.25, -0.2) is 0 Å². The van der Waals surface area contributed by atoms with Crippen LogP contribution in [0.4, 0.5) is 0 Å². The number of furan rings is 1. The van der Waals surface area contributed by atoms with E-state index in [1.807, 2.05) is 12.1 Å². The second-order valence-corrected chi connectivity index (χ2v) is 15.3. The van der Waals surface area contributed by atoms with E-state index >= 15 is 0 Å². The standard InChI is InChI=1S/C54H32N2O/c1-2-12-38-37(11-1)39-25-21-33(34-22-28-54-48(30-34)44-16-6-10-20-53(44)57-54)29-45(39)46-31-35(23-26-40(38)46)56-51-19-9-5-15-43(51)47-32-36(24-27-52(47)56)55-49-17-7-3-13-41(49)42-14-4-8-18-50(42)55/h1-32H. The van der Waals surface area contributed by atoms with Crippen molar-refractivity contribution in [2.75, 3.05) is 0 Å². The number of para-hydroxylation sites is 4. The lowest BCUT2D eigenvalue weighted by atomic mass is 9.91. The van der Waals surface area contributed by atoms with Gasteiger partial charge >= 0.3 is 0 Å². The van der Waals surface area contributed by atoms with Gasteiger partial charge in [-0.3, -0.25) is 0 Å². The van der Waals surface area contributed by atoms with Gasteiger partial charge in [0.1, 0.15) is 11.2 Å². The number of nitrogens with zero attached hydrogens (tertiary/aromatic N) is 2. The first kappa shape index (κ1) is 30.7. The molecule has 0 aliphatic rings. The van der Waals surface area contributed by atoms with Gasteiger partial charge in [-0.05, 0) is 116 Å². The third kappa shape index (κ3) is 4.31. The molecule has 0 saturated carbocycles. The van der Waals surface area contributed by atoms with Gasteiger partial charge in [-0.2, -0.15) is 0 Å². The second-order valence-electron chi connectivity index (χ2n) is 15.3. The minimum absolute atomic E-state index is 0.912. The zero-order valence-electron chi connectivity index (χ0n) is 30.8. The largest absolute Gasteiger partial charge is 0.456 e. The van der Waals surface area contributed by atoms with Crippen LogP contribution in [-0.4, -0.2) is 9.13 Å². The monoisotopic (exact) mass is 724 g/mol. The van der Waals surface area contributed by atoms with E-state index in [1.54, 1.807) is 0 Å². The fourth-order valence-corrected chi connectivity index (χ4v) is 9.75. The predicted octanol–water partition coefficient (Wildman–Crippen LogP) is 14.9. The van der Waals surface area contributed by atoms with E-state index in [1.165, 1.54) is 87.1 Å². The quantitative estimate of drug-likeness (QED) is 0.166. The minimum Gasteiger partial charge on any atom is -0.456 e. The van der Waals surface area contributed by atoms with Crippen LogP contribution in [-0.2, 0) is 0 Å². The van der Waals surface area contributed by atoms with E-state index in [-0.39, 0.29) is 0 Å². The van der Waals surface area contributed by atoms with Crippen molar-refractivity contribution in [1.82, 2.24) is 9.13 Å². The van der Waals surface area contributed by atoms with Crippen LogP contribution in [0.25, 0.3) is 120 Å². The summed E-state index contributed by atoms with van der Waals surface area (Å²) in [5.74, 6) is 0. The van der Waals surface area contributed by atoms with Gasteiger partial charge in [0, 0.05) is 43.7 Å². The van der Waals surface area contributed by atoms with Crippen LogP contribution in [0.2, 0.25) is 0 Å². The van der Waals surface area contributed by atoms with Crippen molar-refractivity contribution in [2.24, 2.45) is 0 Å². The third-order valence-electron chi connectivity index (χ3n) is 12.3. The zero-order chi connectivity index (χ0) is 37.2. The summed E-state index contributed by atoms with van der Waals surface area (Å²) in [4.78, 5) is 0. The summed E-state index contributed by atoms with van der Waals surface area (Å²) < 4.78 is 11.0. The fourth-order valence-electron chi connectivity index (χ4n) is 9.75.